The first kappa shape index (κ1) is 19.3. The first-order valence-corrected chi connectivity index (χ1v) is 8.50. The van der Waals surface area contributed by atoms with Gasteiger partial charge in [-0.2, -0.15) is 0 Å². The van der Waals surface area contributed by atoms with Crippen molar-refractivity contribution in [2.24, 2.45) is 0 Å². The summed E-state index contributed by atoms with van der Waals surface area (Å²) < 4.78 is 0. The molecule has 0 saturated carbocycles. The van der Waals surface area contributed by atoms with Crippen molar-refractivity contribution in [3.63, 3.8) is 0 Å². The Kier molecular flexibility index (Phi) is 5.76. The number of hydrazine groups is 1. The molecular weight excluding hydrogens is 359 g/mol. The topological polar surface area (TPSA) is 40.6 Å². The highest BCUT2D eigenvalue weighted by atomic mass is 35.5. The van der Waals surface area contributed by atoms with Crippen LogP contribution in [0.3, 0.4) is 0 Å². The van der Waals surface area contributed by atoms with Crippen LogP contribution in [0.4, 0.5) is 0 Å². The molecule has 6 heteroatoms. The van der Waals surface area contributed by atoms with Gasteiger partial charge in [0.1, 0.15) is 0 Å². The van der Waals surface area contributed by atoms with Gasteiger partial charge in [0.25, 0.3) is 11.8 Å². The van der Waals surface area contributed by atoms with Crippen molar-refractivity contribution in [1.82, 2.24) is 10.0 Å². The van der Waals surface area contributed by atoms with Gasteiger partial charge in [0, 0.05) is 28.2 Å². The maximum Gasteiger partial charge on any atom is 0.272 e. The van der Waals surface area contributed by atoms with Crippen LogP contribution in [-0.2, 0) is 0 Å². The lowest BCUT2D eigenvalue weighted by molar-refractivity contribution is -0.0308. The second kappa shape index (κ2) is 7.46. The van der Waals surface area contributed by atoms with E-state index in [1.807, 2.05) is 20.8 Å². The molecule has 0 atom stereocenters. The summed E-state index contributed by atoms with van der Waals surface area (Å²) in [5.74, 6) is -0.581. The maximum atomic E-state index is 13.0. The molecule has 0 radical (unpaired) electrons. The number of nitrogens with zero attached hydrogens (tertiary/aromatic N) is 2. The van der Waals surface area contributed by atoms with Crippen LogP contribution in [0, 0.1) is 0 Å². The number of halogens is 2. The highest BCUT2D eigenvalue weighted by Gasteiger charge is 2.33. The molecule has 2 rings (SSSR count). The highest BCUT2D eigenvalue weighted by Crippen LogP contribution is 2.22. The number of hydrogen-bond acceptors (Lipinski definition) is 2. The summed E-state index contributed by atoms with van der Waals surface area (Å²) in [6, 6.07) is 13.1. The minimum absolute atomic E-state index is 0.283. The zero-order valence-electron chi connectivity index (χ0n) is 14.6. The van der Waals surface area contributed by atoms with E-state index in [1.165, 1.54) is 10.0 Å². The van der Waals surface area contributed by atoms with Crippen molar-refractivity contribution in [1.29, 1.82) is 0 Å². The Hall–Kier alpha value is -2.04. The van der Waals surface area contributed by atoms with E-state index < -0.39 is 5.54 Å². The molecule has 2 amide bonds. The SMILES string of the molecule is CN(C(=O)c1ccc(Cl)cc1)N(C(=O)c1ccc(Cl)cc1)C(C)(C)C. The number of amides is 2. The van der Waals surface area contributed by atoms with E-state index in [9.17, 15) is 9.59 Å². The quantitative estimate of drug-likeness (QED) is 0.695. The van der Waals surface area contributed by atoms with Gasteiger partial charge in [0.2, 0.25) is 0 Å². The largest absolute Gasteiger partial charge is 0.272 e. The van der Waals surface area contributed by atoms with Gasteiger partial charge in [-0.15, -0.1) is 0 Å². The van der Waals surface area contributed by atoms with Gasteiger partial charge < -0.3 is 0 Å². The highest BCUT2D eigenvalue weighted by molar-refractivity contribution is 6.31. The Morgan fingerprint density at radius 1 is 0.760 bits per heavy atom. The van der Waals surface area contributed by atoms with E-state index >= 15 is 0 Å². The van der Waals surface area contributed by atoms with Gasteiger partial charge in [-0.25, -0.2) is 10.0 Å². The zero-order valence-corrected chi connectivity index (χ0v) is 16.1. The van der Waals surface area contributed by atoms with E-state index in [0.717, 1.165) is 0 Å². The van der Waals surface area contributed by atoms with Crippen molar-refractivity contribution in [2.75, 3.05) is 7.05 Å². The lowest BCUT2D eigenvalue weighted by Gasteiger charge is -2.41. The molecule has 0 aromatic heterocycles. The molecule has 0 heterocycles. The summed E-state index contributed by atoms with van der Waals surface area (Å²) in [4.78, 5) is 25.8. The molecule has 0 aliphatic carbocycles. The van der Waals surface area contributed by atoms with Crippen molar-refractivity contribution in [2.45, 2.75) is 26.3 Å². The molecule has 2 aromatic rings. The molecule has 132 valence electrons. The number of hydrogen-bond donors (Lipinski definition) is 0. The summed E-state index contributed by atoms with van der Waals surface area (Å²) in [7, 11) is 1.58. The minimum atomic E-state index is -0.604. The average Bonchev–Trinajstić information content (AvgIpc) is 2.54. The molecule has 0 spiro atoms. The summed E-state index contributed by atoms with van der Waals surface area (Å²) in [6.45, 7) is 5.60. The van der Waals surface area contributed by atoms with Crippen molar-refractivity contribution < 1.29 is 9.59 Å². The van der Waals surface area contributed by atoms with Crippen LogP contribution in [-0.4, -0.2) is 34.4 Å². The monoisotopic (exact) mass is 378 g/mol. The van der Waals surface area contributed by atoms with Crippen molar-refractivity contribution in [3.8, 4) is 0 Å². The van der Waals surface area contributed by atoms with Crippen molar-refractivity contribution in [3.05, 3.63) is 69.7 Å². The minimum Gasteiger partial charge on any atom is -0.267 e. The van der Waals surface area contributed by atoms with Gasteiger partial charge in [-0.3, -0.25) is 9.59 Å². The van der Waals surface area contributed by atoms with E-state index in [2.05, 4.69) is 0 Å². The van der Waals surface area contributed by atoms with Crippen LogP contribution >= 0.6 is 23.2 Å². The molecule has 0 aliphatic heterocycles. The summed E-state index contributed by atoms with van der Waals surface area (Å²) in [5.41, 5.74) is 0.299. The number of benzene rings is 2. The third-order valence-electron chi connectivity index (χ3n) is 3.60. The fourth-order valence-electron chi connectivity index (χ4n) is 2.48. The normalized spacial score (nSPS) is 11.1. The molecule has 0 unspecified atom stereocenters. The van der Waals surface area contributed by atoms with Gasteiger partial charge >= 0.3 is 0 Å². The number of carbonyl (C=O) groups is 2. The van der Waals surface area contributed by atoms with E-state index in [0.29, 0.717) is 21.2 Å². The molecule has 0 bridgehead atoms. The van der Waals surface area contributed by atoms with Gasteiger partial charge in [-0.1, -0.05) is 23.2 Å². The lowest BCUT2D eigenvalue weighted by atomic mass is 10.1. The third kappa shape index (κ3) is 4.53. The van der Waals surface area contributed by atoms with Crippen LogP contribution in [0.1, 0.15) is 41.5 Å². The molecule has 0 fully saturated rings. The zero-order chi connectivity index (χ0) is 18.8. The van der Waals surface area contributed by atoms with Gasteiger partial charge in [0.15, 0.2) is 0 Å². The first-order chi connectivity index (χ1) is 11.6. The smallest absolute Gasteiger partial charge is 0.267 e. The Morgan fingerprint density at radius 3 is 1.48 bits per heavy atom. The predicted octanol–water partition coefficient (Wildman–Crippen LogP) is 4.92. The first-order valence-electron chi connectivity index (χ1n) is 7.75. The van der Waals surface area contributed by atoms with Crippen LogP contribution in [0.15, 0.2) is 48.5 Å². The Balaban J connectivity index is 2.36. The third-order valence-corrected chi connectivity index (χ3v) is 4.11. The number of carbonyl (C=O) groups excluding carboxylic acids is 2. The molecule has 25 heavy (non-hydrogen) atoms. The summed E-state index contributed by atoms with van der Waals surface area (Å²) >= 11 is 11.8. The Bertz CT molecular complexity index is 766. The maximum absolute atomic E-state index is 13.0. The Morgan fingerprint density at radius 2 is 1.12 bits per heavy atom. The summed E-state index contributed by atoms with van der Waals surface area (Å²) in [5, 5.41) is 3.86. The average molecular weight is 379 g/mol. The van der Waals surface area contributed by atoms with E-state index in [4.69, 9.17) is 23.2 Å². The Labute approximate surface area is 157 Å². The fourth-order valence-corrected chi connectivity index (χ4v) is 2.73. The standard InChI is InChI=1S/C19H20Cl2N2O2/c1-19(2,3)23(18(25)14-7-11-16(21)12-8-14)22(4)17(24)13-5-9-15(20)10-6-13/h5-12H,1-4H3. The lowest BCUT2D eigenvalue weighted by Crippen LogP contribution is -2.56. The van der Waals surface area contributed by atoms with Crippen LogP contribution in [0.25, 0.3) is 0 Å². The molecule has 4 nitrogen and oxygen atoms in total. The molecule has 2 aromatic carbocycles. The van der Waals surface area contributed by atoms with Crippen LogP contribution in [0.2, 0.25) is 10.0 Å². The van der Waals surface area contributed by atoms with Crippen LogP contribution < -0.4 is 0 Å². The van der Waals surface area contributed by atoms with Crippen molar-refractivity contribution >= 4 is 35.0 Å². The molecule has 0 saturated heterocycles. The summed E-state index contributed by atoms with van der Waals surface area (Å²) in [6.07, 6.45) is 0. The molecule has 0 N–H and O–H groups in total. The second-order valence-corrected chi connectivity index (χ2v) is 7.50. The molecular formula is C19H20Cl2N2O2. The van der Waals surface area contributed by atoms with Gasteiger partial charge in [-0.05, 0) is 69.3 Å². The fraction of sp³-hybridized carbons (Fsp3) is 0.263. The van der Waals surface area contributed by atoms with Gasteiger partial charge in [0.05, 0.1) is 5.54 Å². The van der Waals surface area contributed by atoms with Crippen LogP contribution in [0.5, 0.6) is 0 Å². The number of rotatable bonds is 2. The second-order valence-electron chi connectivity index (χ2n) is 6.63. The van der Waals surface area contributed by atoms with E-state index in [-0.39, 0.29) is 11.8 Å². The molecule has 0 aliphatic rings. The van der Waals surface area contributed by atoms with E-state index in [1.54, 1.807) is 55.6 Å². The predicted molar refractivity (Wildman–Crippen MR) is 101 cm³/mol.